The maximum atomic E-state index is 13.0. The molecule has 1 aromatic heterocycles. The molecule has 0 bridgehead atoms. The van der Waals surface area contributed by atoms with Crippen LogP contribution in [0.5, 0.6) is 0 Å². The maximum Gasteiger partial charge on any atom is 0.254 e. The van der Waals surface area contributed by atoms with Gasteiger partial charge in [0.25, 0.3) is 5.91 Å². The Morgan fingerprint density at radius 2 is 2.04 bits per heavy atom. The Morgan fingerprint density at radius 3 is 2.68 bits per heavy atom. The number of rotatable bonds is 2. The number of aromatic amines is 1. The second kappa shape index (κ2) is 5.93. The minimum atomic E-state index is -0.388. The highest BCUT2D eigenvalue weighted by Crippen LogP contribution is 2.35. The summed E-state index contributed by atoms with van der Waals surface area (Å²) in [4.78, 5) is 19.0. The van der Waals surface area contributed by atoms with E-state index >= 15 is 0 Å². The Kier molecular flexibility index (Phi) is 3.85. The van der Waals surface area contributed by atoms with Crippen LogP contribution in [0.4, 0.5) is 0 Å². The molecule has 2 fully saturated rings. The number of aromatic nitrogens is 3. The molecule has 0 radical (unpaired) electrons. The predicted octanol–water partition coefficient (Wildman–Crippen LogP) is 1.88. The first kappa shape index (κ1) is 16.2. The number of carbonyl (C=O) groups is 1. The summed E-state index contributed by atoms with van der Waals surface area (Å²) in [5.74, 6) is 0.709. The van der Waals surface area contributed by atoms with Gasteiger partial charge in [0.2, 0.25) is 0 Å². The molecule has 2 saturated heterocycles. The van der Waals surface area contributed by atoms with Crippen LogP contribution in [0.2, 0.25) is 0 Å². The fourth-order valence-electron chi connectivity index (χ4n) is 3.75. The second-order valence-electron chi connectivity index (χ2n) is 7.42. The molecule has 7 nitrogen and oxygen atoms in total. The molecular formula is C18H22N4O3. The van der Waals surface area contributed by atoms with Crippen molar-refractivity contribution in [3.8, 4) is 11.4 Å². The molecule has 2 aromatic rings. The minimum Gasteiger partial charge on any atom is -0.378 e. The predicted molar refractivity (Wildman–Crippen MR) is 91.1 cm³/mol. The third kappa shape index (κ3) is 3.17. The number of nitrogens with zero attached hydrogens (tertiary/aromatic N) is 3. The normalized spacial score (nSPS) is 25.4. The molecule has 0 saturated carbocycles. The highest BCUT2D eigenvalue weighted by molar-refractivity contribution is 5.94. The van der Waals surface area contributed by atoms with Crippen molar-refractivity contribution in [2.45, 2.75) is 31.5 Å². The average molecular weight is 342 g/mol. The molecule has 2 aliphatic heterocycles. The van der Waals surface area contributed by atoms with Gasteiger partial charge in [0.05, 0.1) is 18.8 Å². The molecule has 1 aromatic carbocycles. The van der Waals surface area contributed by atoms with Gasteiger partial charge in [-0.2, -0.15) is 5.10 Å². The van der Waals surface area contributed by atoms with E-state index in [9.17, 15) is 4.79 Å². The quantitative estimate of drug-likeness (QED) is 0.901. The minimum absolute atomic E-state index is 0.0202. The average Bonchev–Trinajstić information content (AvgIpc) is 3.25. The van der Waals surface area contributed by atoms with E-state index in [0.29, 0.717) is 37.7 Å². The van der Waals surface area contributed by atoms with E-state index in [1.54, 1.807) is 0 Å². The van der Waals surface area contributed by atoms with E-state index < -0.39 is 0 Å². The smallest absolute Gasteiger partial charge is 0.254 e. The molecular weight excluding hydrogens is 320 g/mol. The van der Waals surface area contributed by atoms with Crippen molar-refractivity contribution in [1.29, 1.82) is 0 Å². The number of nitrogens with one attached hydrogen (secondary N) is 1. The number of morpholine rings is 1. The molecule has 0 aliphatic carbocycles. The maximum absolute atomic E-state index is 13.0. The van der Waals surface area contributed by atoms with E-state index in [0.717, 1.165) is 12.0 Å². The first-order valence-electron chi connectivity index (χ1n) is 8.49. The number of hydrogen-bond donors (Lipinski definition) is 1. The van der Waals surface area contributed by atoms with Crippen LogP contribution < -0.4 is 0 Å². The van der Waals surface area contributed by atoms with Gasteiger partial charge < -0.3 is 14.4 Å². The summed E-state index contributed by atoms with van der Waals surface area (Å²) in [5, 5.41) is 6.67. The zero-order valence-corrected chi connectivity index (χ0v) is 14.5. The number of carbonyl (C=O) groups excluding carboxylic acids is 1. The van der Waals surface area contributed by atoms with Gasteiger partial charge >= 0.3 is 0 Å². The molecule has 3 heterocycles. The van der Waals surface area contributed by atoms with Gasteiger partial charge in [-0.15, -0.1) is 0 Å². The lowest BCUT2D eigenvalue weighted by atomic mass is 9.94. The monoisotopic (exact) mass is 342 g/mol. The second-order valence-corrected chi connectivity index (χ2v) is 7.42. The zero-order valence-electron chi connectivity index (χ0n) is 14.5. The summed E-state index contributed by atoms with van der Waals surface area (Å²) in [6, 6.07) is 7.43. The van der Waals surface area contributed by atoms with Crippen LogP contribution in [-0.4, -0.2) is 63.5 Å². The fourth-order valence-corrected chi connectivity index (χ4v) is 3.75. The van der Waals surface area contributed by atoms with Crippen molar-refractivity contribution in [3.63, 3.8) is 0 Å². The molecule has 2 aliphatic rings. The largest absolute Gasteiger partial charge is 0.378 e. The summed E-state index contributed by atoms with van der Waals surface area (Å²) < 4.78 is 11.8. The Labute approximate surface area is 146 Å². The van der Waals surface area contributed by atoms with Crippen LogP contribution >= 0.6 is 0 Å². The van der Waals surface area contributed by atoms with E-state index in [4.69, 9.17) is 9.47 Å². The summed E-state index contributed by atoms with van der Waals surface area (Å²) in [7, 11) is 0. The summed E-state index contributed by atoms with van der Waals surface area (Å²) >= 11 is 0. The zero-order chi connectivity index (χ0) is 17.5. The molecule has 1 N–H and O–H groups in total. The highest BCUT2D eigenvalue weighted by atomic mass is 16.6. The summed E-state index contributed by atoms with van der Waals surface area (Å²) in [5.41, 5.74) is 0.797. The molecule has 1 spiro atoms. The number of H-pyrrole nitrogens is 1. The topological polar surface area (TPSA) is 80.3 Å². The standard InChI is InChI=1S/C18H22N4O3/c1-17(2)9-22(10-18(25-17)7-8-24-11-18)16(23)14-5-3-13(4-6-14)15-19-12-20-21-15/h3-6,12H,7-11H2,1-2H3,(H,19,20,21). The summed E-state index contributed by atoms with van der Waals surface area (Å²) in [6.45, 7) is 6.42. The van der Waals surface area contributed by atoms with Crippen molar-refractivity contribution in [3.05, 3.63) is 36.2 Å². The first-order chi connectivity index (χ1) is 12.0. The third-order valence-corrected chi connectivity index (χ3v) is 4.72. The highest BCUT2D eigenvalue weighted by Gasteiger charge is 2.48. The molecule has 1 atom stereocenters. The third-order valence-electron chi connectivity index (χ3n) is 4.72. The van der Waals surface area contributed by atoms with Gasteiger partial charge in [-0.1, -0.05) is 12.1 Å². The number of amides is 1. The van der Waals surface area contributed by atoms with Crippen LogP contribution in [0.25, 0.3) is 11.4 Å². The molecule has 25 heavy (non-hydrogen) atoms. The van der Waals surface area contributed by atoms with Crippen molar-refractivity contribution in [2.24, 2.45) is 0 Å². The SMILES string of the molecule is CC1(C)CN(C(=O)c2ccc(-c3ncn[nH]3)cc2)CC2(CCOC2)O1. The molecule has 1 amide bonds. The number of ether oxygens (including phenoxy) is 2. The van der Waals surface area contributed by atoms with Gasteiger partial charge in [-0.3, -0.25) is 9.89 Å². The first-order valence-corrected chi connectivity index (χ1v) is 8.49. The van der Waals surface area contributed by atoms with Crippen molar-refractivity contribution >= 4 is 5.91 Å². The fraction of sp³-hybridized carbons (Fsp3) is 0.500. The molecule has 132 valence electrons. The van der Waals surface area contributed by atoms with Gasteiger partial charge in [-0.05, 0) is 26.0 Å². The van der Waals surface area contributed by atoms with E-state index in [1.807, 2.05) is 43.0 Å². The molecule has 4 rings (SSSR count). The number of hydrogen-bond acceptors (Lipinski definition) is 5. The van der Waals surface area contributed by atoms with Crippen molar-refractivity contribution in [1.82, 2.24) is 20.1 Å². The lowest BCUT2D eigenvalue weighted by molar-refractivity contribution is -0.186. The van der Waals surface area contributed by atoms with Crippen LogP contribution in [-0.2, 0) is 9.47 Å². The van der Waals surface area contributed by atoms with E-state index in [-0.39, 0.29) is 17.1 Å². The van der Waals surface area contributed by atoms with Crippen molar-refractivity contribution < 1.29 is 14.3 Å². The Hall–Kier alpha value is -2.25. The molecule has 1 unspecified atom stereocenters. The van der Waals surface area contributed by atoms with Gasteiger partial charge in [-0.25, -0.2) is 4.98 Å². The lowest BCUT2D eigenvalue weighted by Gasteiger charge is -2.48. The van der Waals surface area contributed by atoms with Crippen molar-refractivity contribution in [2.75, 3.05) is 26.3 Å². The van der Waals surface area contributed by atoms with Gasteiger partial charge in [0.1, 0.15) is 11.9 Å². The lowest BCUT2D eigenvalue weighted by Crippen LogP contribution is -2.61. The Morgan fingerprint density at radius 1 is 1.24 bits per heavy atom. The van der Waals surface area contributed by atoms with Crippen LogP contribution in [0, 0.1) is 0 Å². The van der Waals surface area contributed by atoms with E-state index in [2.05, 4.69) is 15.2 Å². The van der Waals surface area contributed by atoms with Crippen LogP contribution in [0.15, 0.2) is 30.6 Å². The van der Waals surface area contributed by atoms with Gasteiger partial charge in [0.15, 0.2) is 5.82 Å². The van der Waals surface area contributed by atoms with Crippen LogP contribution in [0.3, 0.4) is 0 Å². The molecule has 7 heteroatoms. The Bertz CT molecular complexity index is 749. The van der Waals surface area contributed by atoms with E-state index in [1.165, 1.54) is 6.33 Å². The summed E-state index contributed by atoms with van der Waals surface area (Å²) in [6.07, 6.45) is 2.29. The van der Waals surface area contributed by atoms with Gasteiger partial charge in [0, 0.05) is 30.7 Å². The Balaban J connectivity index is 1.55. The number of benzene rings is 1. The van der Waals surface area contributed by atoms with Crippen LogP contribution in [0.1, 0.15) is 30.6 Å².